The first kappa shape index (κ1) is 25.0. The first-order chi connectivity index (χ1) is 16.9. The Balaban J connectivity index is 1.36. The van der Waals surface area contributed by atoms with E-state index in [2.05, 4.69) is 26.9 Å². The third kappa shape index (κ3) is 6.53. The predicted molar refractivity (Wildman–Crippen MR) is 139 cm³/mol. The number of hydrogen-bond acceptors (Lipinski definition) is 6. The second-order valence-electron chi connectivity index (χ2n) is 9.14. The second-order valence-corrected chi connectivity index (χ2v) is 9.55. The molecule has 1 aromatic heterocycles. The van der Waals surface area contributed by atoms with E-state index in [4.69, 9.17) is 21.1 Å². The molecule has 0 aliphatic carbocycles. The molecule has 1 aliphatic heterocycles. The van der Waals surface area contributed by atoms with Crippen molar-refractivity contribution >= 4 is 23.4 Å². The van der Waals surface area contributed by atoms with Gasteiger partial charge < -0.3 is 14.4 Å². The van der Waals surface area contributed by atoms with Crippen molar-refractivity contribution < 1.29 is 14.3 Å². The summed E-state index contributed by atoms with van der Waals surface area (Å²) in [6.07, 6.45) is 2.54. The Morgan fingerprint density at radius 2 is 2.00 bits per heavy atom. The topological polar surface area (TPSA) is 54.9 Å². The van der Waals surface area contributed by atoms with Crippen LogP contribution in [-0.2, 0) is 17.9 Å². The fourth-order valence-electron chi connectivity index (χ4n) is 4.33. The van der Waals surface area contributed by atoms with E-state index in [0.717, 1.165) is 37.4 Å². The summed E-state index contributed by atoms with van der Waals surface area (Å²) >= 11 is 6.25. The van der Waals surface area contributed by atoms with E-state index < -0.39 is 0 Å². The Morgan fingerprint density at radius 3 is 2.80 bits per heavy atom. The number of pyridine rings is 1. The quantitative estimate of drug-likeness (QED) is 0.362. The van der Waals surface area contributed by atoms with Gasteiger partial charge in [0.15, 0.2) is 0 Å². The van der Waals surface area contributed by atoms with Crippen molar-refractivity contribution in [3.63, 3.8) is 0 Å². The third-order valence-electron chi connectivity index (χ3n) is 6.14. The fraction of sp³-hybridized carbons (Fsp3) is 0.357. The zero-order valence-electron chi connectivity index (χ0n) is 20.5. The summed E-state index contributed by atoms with van der Waals surface area (Å²) < 4.78 is 11.4. The molecule has 4 rings (SSSR count). The Morgan fingerprint density at radius 1 is 1.17 bits per heavy atom. The van der Waals surface area contributed by atoms with E-state index in [1.807, 2.05) is 57.3 Å². The lowest BCUT2D eigenvalue weighted by Crippen LogP contribution is -2.36. The minimum Gasteiger partial charge on any atom is -0.489 e. The number of halogens is 1. The summed E-state index contributed by atoms with van der Waals surface area (Å²) in [5.41, 5.74) is 2.67. The summed E-state index contributed by atoms with van der Waals surface area (Å²) in [4.78, 5) is 21.6. The van der Waals surface area contributed by atoms with Gasteiger partial charge in [0.2, 0.25) is 0 Å². The lowest BCUT2D eigenvalue weighted by molar-refractivity contribution is 0.0378. The number of anilines is 1. The lowest BCUT2D eigenvalue weighted by Gasteiger charge is -2.27. The van der Waals surface area contributed by atoms with Gasteiger partial charge in [0.05, 0.1) is 6.10 Å². The molecule has 0 bridgehead atoms. The largest absolute Gasteiger partial charge is 0.489 e. The van der Waals surface area contributed by atoms with Crippen molar-refractivity contribution in [1.82, 2.24) is 9.88 Å². The number of rotatable bonds is 9. The zero-order valence-corrected chi connectivity index (χ0v) is 21.2. The average molecular weight is 494 g/mol. The summed E-state index contributed by atoms with van der Waals surface area (Å²) in [7, 11) is 2.01. The molecule has 6 nitrogen and oxygen atoms in total. The first-order valence-electron chi connectivity index (χ1n) is 12.0. The minimum atomic E-state index is -0.335. The van der Waals surface area contributed by atoms with Gasteiger partial charge in [-0.2, -0.15) is 0 Å². The smallest absolute Gasteiger partial charge is 0.342 e. The molecule has 1 atom stereocenters. The van der Waals surface area contributed by atoms with Crippen LogP contribution in [0.15, 0.2) is 66.9 Å². The monoisotopic (exact) mass is 493 g/mol. The van der Waals surface area contributed by atoms with Crippen molar-refractivity contribution in [2.45, 2.75) is 45.6 Å². The molecular formula is C28H32ClN3O3. The molecule has 3 aromatic rings. The van der Waals surface area contributed by atoms with E-state index in [0.29, 0.717) is 23.0 Å². The number of ether oxygens (including phenoxy) is 2. The summed E-state index contributed by atoms with van der Waals surface area (Å²) in [5.74, 6) is 1.16. The van der Waals surface area contributed by atoms with Crippen molar-refractivity contribution in [1.29, 1.82) is 0 Å². The van der Waals surface area contributed by atoms with E-state index >= 15 is 0 Å². The summed E-state index contributed by atoms with van der Waals surface area (Å²) in [6, 6.07) is 19.8. The van der Waals surface area contributed by atoms with E-state index in [-0.39, 0.29) is 18.1 Å². The van der Waals surface area contributed by atoms with Crippen molar-refractivity contribution in [2.75, 3.05) is 25.0 Å². The van der Waals surface area contributed by atoms with Gasteiger partial charge in [-0.1, -0.05) is 41.9 Å². The highest BCUT2D eigenvalue weighted by molar-refractivity contribution is 6.31. The van der Waals surface area contributed by atoms with Crippen LogP contribution in [0.5, 0.6) is 5.75 Å². The Labute approximate surface area is 212 Å². The van der Waals surface area contributed by atoms with Gasteiger partial charge in [-0.25, -0.2) is 9.78 Å². The standard InChI is InChI=1S/C28H32ClN3O3/c1-20(2)35-28(33)25-11-7-14-30-27(25)31(3)23-13-15-32(18-23)17-21-8-6-10-24(16-21)34-19-22-9-4-5-12-26(22)29/h4-12,14,16,20,23H,13,15,17-19H2,1-3H3/t23-/m0/s1. The van der Waals surface area contributed by atoms with E-state index in [9.17, 15) is 4.79 Å². The number of carbonyl (C=O) groups excluding carboxylic acids is 1. The predicted octanol–water partition coefficient (Wildman–Crippen LogP) is 5.59. The van der Waals surface area contributed by atoms with Crippen LogP contribution >= 0.6 is 11.6 Å². The number of nitrogens with zero attached hydrogens (tertiary/aromatic N) is 3. The third-order valence-corrected chi connectivity index (χ3v) is 6.50. The van der Waals surface area contributed by atoms with Crippen LogP contribution in [0.2, 0.25) is 5.02 Å². The number of esters is 1. The van der Waals surface area contributed by atoms with Crippen LogP contribution in [0.1, 0.15) is 41.8 Å². The molecule has 35 heavy (non-hydrogen) atoms. The molecular weight excluding hydrogens is 462 g/mol. The molecule has 0 amide bonds. The van der Waals surface area contributed by atoms with Gasteiger partial charge in [-0.15, -0.1) is 0 Å². The van der Waals surface area contributed by atoms with Crippen LogP contribution in [0, 0.1) is 0 Å². The maximum absolute atomic E-state index is 12.6. The van der Waals surface area contributed by atoms with Crippen LogP contribution in [-0.4, -0.2) is 48.1 Å². The number of carbonyl (C=O) groups is 1. The molecule has 2 heterocycles. The molecule has 0 saturated carbocycles. The Bertz CT molecular complexity index is 1150. The van der Waals surface area contributed by atoms with Gasteiger partial charge in [-0.05, 0) is 56.2 Å². The SMILES string of the molecule is CC(C)OC(=O)c1cccnc1N(C)[C@H]1CCN(Cc2cccc(OCc3ccccc3Cl)c2)C1. The fourth-order valence-corrected chi connectivity index (χ4v) is 4.52. The molecule has 184 valence electrons. The van der Waals surface area contributed by atoms with Crippen molar-refractivity contribution in [2.24, 2.45) is 0 Å². The number of likely N-dealkylation sites (N-methyl/N-ethyl adjacent to an activating group) is 1. The molecule has 0 N–H and O–H groups in total. The zero-order chi connectivity index (χ0) is 24.8. The van der Waals surface area contributed by atoms with E-state index in [1.165, 1.54) is 5.56 Å². The van der Waals surface area contributed by atoms with Gasteiger partial charge in [0, 0.05) is 49.5 Å². The molecule has 1 aliphatic rings. The lowest BCUT2D eigenvalue weighted by atomic mass is 10.2. The highest BCUT2D eigenvalue weighted by atomic mass is 35.5. The maximum Gasteiger partial charge on any atom is 0.342 e. The summed E-state index contributed by atoms with van der Waals surface area (Å²) in [6.45, 7) is 6.82. The number of benzene rings is 2. The van der Waals surface area contributed by atoms with Crippen LogP contribution < -0.4 is 9.64 Å². The molecule has 1 fully saturated rings. The maximum atomic E-state index is 12.6. The molecule has 0 radical (unpaired) electrons. The summed E-state index contributed by atoms with van der Waals surface area (Å²) in [5, 5.41) is 0.712. The first-order valence-corrected chi connectivity index (χ1v) is 12.3. The van der Waals surface area contributed by atoms with Crippen LogP contribution in [0.3, 0.4) is 0 Å². The highest BCUT2D eigenvalue weighted by Crippen LogP contribution is 2.26. The number of hydrogen-bond donors (Lipinski definition) is 0. The second kappa shape index (κ2) is 11.6. The number of likely N-dealkylation sites (tertiary alicyclic amines) is 1. The number of aromatic nitrogens is 1. The van der Waals surface area contributed by atoms with Crippen LogP contribution in [0.25, 0.3) is 0 Å². The van der Waals surface area contributed by atoms with Gasteiger partial charge in [0.1, 0.15) is 23.7 Å². The van der Waals surface area contributed by atoms with Crippen molar-refractivity contribution in [3.8, 4) is 5.75 Å². The highest BCUT2D eigenvalue weighted by Gasteiger charge is 2.29. The Hall–Kier alpha value is -3.09. The normalized spacial score (nSPS) is 15.9. The molecule has 0 spiro atoms. The molecule has 0 unspecified atom stereocenters. The van der Waals surface area contributed by atoms with Gasteiger partial charge in [0.25, 0.3) is 0 Å². The molecule has 1 saturated heterocycles. The minimum absolute atomic E-state index is 0.174. The van der Waals surface area contributed by atoms with Gasteiger partial charge in [-0.3, -0.25) is 4.90 Å². The molecule has 7 heteroatoms. The van der Waals surface area contributed by atoms with Crippen LogP contribution in [0.4, 0.5) is 5.82 Å². The average Bonchev–Trinajstić information content (AvgIpc) is 3.31. The van der Waals surface area contributed by atoms with E-state index in [1.54, 1.807) is 18.3 Å². The molecule has 2 aromatic carbocycles. The van der Waals surface area contributed by atoms with Gasteiger partial charge >= 0.3 is 5.97 Å². The Kier molecular flexibility index (Phi) is 8.26. The van der Waals surface area contributed by atoms with Crippen molar-refractivity contribution in [3.05, 3.63) is 88.6 Å².